The van der Waals surface area contributed by atoms with Crippen molar-refractivity contribution in [1.82, 2.24) is 9.55 Å². The van der Waals surface area contributed by atoms with Crippen molar-refractivity contribution in [1.29, 1.82) is 0 Å². The third kappa shape index (κ3) is 5.79. The van der Waals surface area contributed by atoms with Gasteiger partial charge >= 0.3 is 11.7 Å². The van der Waals surface area contributed by atoms with Gasteiger partial charge in [-0.15, -0.1) is 0 Å². The monoisotopic (exact) mass is 511 g/mol. The minimum absolute atomic E-state index is 0.0716. The summed E-state index contributed by atoms with van der Waals surface area (Å²) in [6.07, 6.45) is -0.119. The molecule has 0 bridgehead atoms. The molecule has 0 saturated carbocycles. The number of carbonyl (C=O) groups is 1. The van der Waals surface area contributed by atoms with Crippen LogP contribution >= 0.6 is 0 Å². The Hall–Kier alpha value is -2.75. The Kier molecular flexibility index (Phi) is 8.92. The van der Waals surface area contributed by atoms with Gasteiger partial charge in [0.25, 0.3) is 0 Å². The third-order valence-electron chi connectivity index (χ3n) is 5.75. The molecule has 4 atom stereocenters. The molecule has 0 unspecified atom stereocenters. The van der Waals surface area contributed by atoms with Gasteiger partial charge in [-0.1, -0.05) is 0 Å². The minimum Gasteiger partial charge on any atom is -0.461 e. The second kappa shape index (κ2) is 11.5. The van der Waals surface area contributed by atoms with E-state index in [-0.39, 0.29) is 19.8 Å². The number of hydrazone groups is 1. The number of anilines is 1. The maximum Gasteiger partial charge on any atom is 0.351 e. The van der Waals surface area contributed by atoms with E-state index in [4.69, 9.17) is 33.2 Å². The lowest BCUT2D eigenvalue weighted by Crippen LogP contribution is -2.51. The Bertz CT molecular complexity index is 1010. The van der Waals surface area contributed by atoms with Crippen LogP contribution in [0.3, 0.4) is 0 Å². The van der Waals surface area contributed by atoms with E-state index in [2.05, 4.69) is 21.8 Å². The van der Waals surface area contributed by atoms with Crippen LogP contribution < -0.4 is 10.7 Å². The maximum absolute atomic E-state index is 12.9. The molecule has 3 rings (SSSR count). The number of rotatable bonds is 12. The molecule has 1 aromatic heterocycles. The van der Waals surface area contributed by atoms with Gasteiger partial charge in [-0.2, -0.15) is 10.1 Å². The largest absolute Gasteiger partial charge is 0.461 e. The molecule has 2 aliphatic rings. The Morgan fingerprint density at radius 3 is 2.53 bits per heavy atom. The predicted molar refractivity (Wildman–Crippen MR) is 127 cm³/mol. The molecule has 0 spiro atoms. The number of fused-ring (bicyclic) bond motifs is 1. The highest BCUT2D eigenvalue weighted by molar-refractivity contribution is 5.80. The lowest BCUT2D eigenvalue weighted by molar-refractivity contribution is -0.208. The standard InChI is InChI=1S/C22H33N5O9/c1-21(2)35-16-14(10-33-19(28)22(32-7,11-30-5)12-31-6)34-18(17(16)36-21)27-9-8-15(25-20(27)29)26(4)24-13-23-3/h8-9,13-14,16-18H,3,10-12H2,1-2,4-7H3/b24-13-/t14-,16-,17-,18-/m1/s1. The number of hydrogen-bond donors (Lipinski definition) is 0. The summed E-state index contributed by atoms with van der Waals surface area (Å²) < 4.78 is 40.6. The Balaban J connectivity index is 1.80. The van der Waals surface area contributed by atoms with Crippen LogP contribution in [0.25, 0.3) is 0 Å². The first-order valence-electron chi connectivity index (χ1n) is 11.1. The predicted octanol–water partition coefficient (Wildman–Crippen LogP) is -0.0379. The van der Waals surface area contributed by atoms with E-state index in [1.165, 1.54) is 43.4 Å². The minimum atomic E-state index is -1.44. The zero-order chi connectivity index (χ0) is 26.5. The molecule has 1 aromatic rings. The summed E-state index contributed by atoms with van der Waals surface area (Å²) in [5, 5.41) is 5.35. The molecule has 200 valence electrons. The lowest BCUT2D eigenvalue weighted by atomic mass is 10.1. The van der Waals surface area contributed by atoms with Crippen molar-refractivity contribution in [2.45, 2.75) is 49.8 Å². The van der Waals surface area contributed by atoms with Gasteiger partial charge in [0.2, 0.25) is 5.60 Å². The van der Waals surface area contributed by atoms with Crippen molar-refractivity contribution >= 4 is 24.8 Å². The Morgan fingerprint density at radius 1 is 1.28 bits per heavy atom. The highest BCUT2D eigenvalue weighted by Gasteiger charge is 2.56. The average molecular weight is 512 g/mol. The number of nitrogens with zero attached hydrogens (tertiary/aromatic N) is 5. The first kappa shape index (κ1) is 27.8. The van der Waals surface area contributed by atoms with E-state index in [1.807, 2.05) is 0 Å². The summed E-state index contributed by atoms with van der Waals surface area (Å²) in [6, 6.07) is 1.59. The second-order valence-electron chi connectivity index (χ2n) is 8.71. The molecular weight excluding hydrogens is 478 g/mol. The first-order valence-corrected chi connectivity index (χ1v) is 11.1. The molecule has 0 radical (unpaired) electrons. The Morgan fingerprint density at radius 2 is 1.94 bits per heavy atom. The van der Waals surface area contributed by atoms with E-state index >= 15 is 0 Å². The van der Waals surface area contributed by atoms with Crippen LogP contribution in [0.2, 0.25) is 0 Å². The van der Waals surface area contributed by atoms with E-state index in [9.17, 15) is 9.59 Å². The number of carbonyl (C=O) groups excluding carboxylic acids is 1. The van der Waals surface area contributed by atoms with Crippen molar-refractivity contribution in [2.75, 3.05) is 53.2 Å². The molecule has 2 aliphatic heterocycles. The smallest absolute Gasteiger partial charge is 0.351 e. The van der Waals surface area contributed by atoms with Crippen molar-refractivity contribution in [2.24, 2.45) is 10.1 Å². The van der Waals surface area contributed by atoms with Crippen LogP contribution in [0.15, 0.2) is 27.2 Å². The fourth-order valence-corrected chi connectivity index (χ4v) is 4.08. The van der Waals surface area contributed by atoms with Gasteiger partial charge in [-0.25, -0.2) is 14.6 Å². The first-order chi connectivity index (χ1) is 17.1. The molecular formula is C22H33N5O9. The molecule has 3 heterocycles. The molecule has 0 aliphatic carbocycles. The molecule has 14 nitrogen and oxygen atoms in total. The van der Waals surface area contributed by atoms with Crippen LogP contribution in [0.4, 0.5) is 5.82 Å². The van der Waals surface area contributed by atoms with Gasteiger partial charge in [0.1, 0.15) is 31.3 Å². The van der Waals surface area contributed by atoms with E-state index in [1.54, 1.807) is 27.0 Å². The number of aromatic nitrogens is 2. The molecule has 2 fully saturated rings. The van der Waals surface area contributed by atoms with Gasteiger partial charge in [-0.05, 0) is 26.6 Å². The van der Waals surface area contributed by atoms with E-state index in [0.29, 0.717) is 5.82 Å². The topological polar surface area (TPSA) is 145 Å². The highest BCUT2D eigenvalue weighted by Crippen LogP contribution is 2.42. The molecule has 2 saturated heterocycles. The Labute approximate surface area is 208 Å². The van der Waals surface area contributed by atoms with Crippen molar-refractivity contribution < 1.29 is 38.0 Å². The zero-order valence-electron chi connectivity index (χ0n) is 21.3. The summed E-state index contributed by atoms with van der Waals surface area (Å²) in [7, 11) is 5.86. The van der Waals surface area contributed by atoms with E-state index < -0.39 is 47.6 Å². The lowest BCUT2D eigenvalue weighted by Gasteiger charge is -2.29. The van der Waals surface area contributed by atoms with Gasteiger partial charge in [-0.3, -0.25) is 9.56 Å². The van der Waals surface area contributed by atoms with Crippen molar-refractivity contribution in [3.8, 4) is 0 Å². The van der Waals surface area contributed by atoms with E-state index in [0.717, 1.165) is 0 Å². The summed E-state index contributed by atoms with van der Waals surface area (Å²) in [4.78, 5) is 33.4. The van der Waals surface area contributed by atoms with Crippen molar-refractivity contribution in [3.05, 3.63) is 22.7 Å². The molecule has 36 heavy (non-hydrogen) atoms. The van der Waals surface area contributed by atoms with Gasteiger partial charge in [0, 0.05) is 34.6 Å². The van der Waals surface area contributed by atoms with Gasteiger partial charge < -0.3 is 33.2 Å². The normalized spacial score (nSPS) is 25.2. The van der Waals surface area contributed by atoms with Crippen LogP contribution in [0, 0.1) is 0 Å². The molecule has 0 aromatic carbocycles. The van der Waals surface area contributed by atoms with Crippen LogP contribution in [0.5, 0.6) is 0 Å². The zero-order valence-corrected chi connectivity index (χ0v) is 21.3. The number of aliphatic imine (C=N–C) groups is 1. The van der Waals surface area contributed by atoms with Crippen LogP contribution in [-0.4, -0.2) is 106 Å². The quantitative estimate of drug-likeness (QED) is 0.161. The number of ether oxygens (including phenoxy) is 7. The van der Waals surface area contributed by atoms with Crippen LogP contribution in [0.1, 0.15) is 20.1 Å². The summed E-state index contributed by atoms with van der Waals surface area (Å²) in [6.45, 7) is 6.50. The highest BCUT2D eigenvalue weighted by atomic mass is 16.8. The van der Waals surface area contributed by atoms with Gasteiger partial charge in [0.15, 0.2) is 17.8 Å². The molecule has 14 heteroatoms. The fraction of sp³-hybridized carbons (Fsp3) is 0.682. The molecule has 0 amide bonds. The third-order valence-corrected chi connectivity index (χ3v) is 5.75. The number of hydrogen-bond acceptors (Lipinski definition) is 12. The molecule has 0 N–H and O–H groups in total. The maximum atomic E-state index is 12.9. The SMILES string of the molecule is C=N/C=N\N(C)c1ccn([C@@H]2O[C@H](COC(=O)C(COC)(COC)OC)[C@H]3OC(C)(C)O[C@H]32)c(=O)n1. The summed E-state index contributed by atoms with van der Waals surface area (Å²) in [5.41, 5.74) is -2.03. The fourth-order valence-electron chi connectivity index (χ4n) is 4.08. The number of esters is 1. The average Bonchev–Trinajstić information content (AvgIpc) is 3.33. The van der Waals surface area contributed by atoms with Crippen LogP contribution in [-0.2, 0) is 38.0 Å². The van der Waals surface area contributed by atoms with Gasteiger partial charge in [0.05, 0.1) is 13.2 Å². The summed E-state index contributed by atoms with van der Waals surface area (Å²) in [5.74, 6) is -1.32. The summed E-state index contributed by atoms with van der Waals surface area (Å²) >= 11 is 0. The second-order valence-corrected chi connectivity index (χ2v) is 8.71. The van der Waals surface area contributed by atoms with Crippen molar-refractivity contribution in [3.63, 3.8) is 0 Å². The number of methoxy groups -OCH3 is 3.